The van der Waals surface area contributed by atoms with Gasteiger partial charge in [0.15, 0.2) is 0 Å². The SMILES string of the molecule is Cc1cccc2nc(CNc3ccccc3[N+](=O)[O-])cn12. The van der Waals surface area contributed by atoms with Gasteiger partial charge in [-0.3, -0.25) is 10.1 Å². The van der Waals surface area contributed by atoms with E-state index in [-0.39, 0.29) is 5.69 Å². The molecule has 0 amide bonds. The maximum absolute atomic E-state index is 11.0. The number of aryl methyl sites for hydroxylation is 1. The van der Waals surface area contributed by atoms with Crippen LogP contribution in [0.25, 0.3) is 5.65 Å². The highest BCUT2D eigenvalue weighted by molar-refractivity contribution is 5.61. The minimum atomic E-state index is -0.393. The van der Waals surface area contributed by atoms with E-state index in [4.69, 9.17) is 0 Å². The quantitative estimate of drug-likeness (QED) is 0.589. The van der Waals surface area contributed by atoms with Gasteiger partial charge in [0.05, 0.1) is 17.2 Å². The van der Waals surface area contributed by atoms with Gasteiger partial charge in [-0.2, -0.15) is 0 Å². The van der Waals surface area contributed by atoms with Crippen molar-refractivity contribution in [1.82, 2.24) is 9.38 Å². The molecule has 0 fully saturated rings. The number of nitrogens with one attached hydrogen (secondary N) is 1. The molecule has 0 aliphatic rings. The molecule has 1 aromatic carbocycles. The molecule has 0 spiro atoms. The van der Waals surface area contributed by atoms with Gasteiger partial charge in [0, 0.05) is 18.0 Å². The van der Waals surface area contributed by atoms with Gasteiger partial charge in [-0.15, -0.1) is 0 Å². The van der Waals surface area contributed by atoms with Crippen LogP contribution in [0, 0.1) is 17.0 Å². The number of pyridine rings is 1. The van der Waals surface area contributed by atoms with Crippen molar-refractivity contribution < 1.29 is 4.92 Å². The topological polar surface area (TPSA) is 72.5 Å². The fraction of sp³-hybridized carbons (Fsp3) is 0.133. The molecule has 2 aromatic heterocycles. The van der Waals surface area contributed by atoms with Crippen LogP contribution < -0.4 is 5.32 Å². The van der Waals surface area contributed by atoms with E-state index in [2.05, 4.69) is 10.3 Å². The molecule has 0 bridgehead atoms. The number of hydrogen-bond acceptors (Lipinski definition) is 4. The number of hydrogen-bond donors (Lipinski definition) is 1. The van der Waals surface area contributed by atoms with E-state index in [0.29, 0.717) is 12.2 Å². The number of aromatic nitrogens is 2. The molecule has 3 rings (SSSR count). The molecule has 0 atom stereocenters. The van der Waals surface area contributed by atoms with Gasteiger partial charge in [-0.25, -0.2) is 4.98 Å². The number of imidazole rings is 1. The summed E-state index contributed by atoms with van der Waals surface area (Å²) < 4.78 is 2.00. The van der Waals surface area contributed by atoms with Crippen LogP contribution in [0.5, 0.6) is 0 Å². The third-order valence-corrected chi connectivity index (χ3v) is 3.31. The molecule has 0 saturated carbocycles. The summed E-state index contributed by atoms with van der Waals surface area (Å²) in [4.78, 5) is 15.1. The van der Waals surface area contributed by atoms with Crippen molar-refractivity contribution in [3.8, 4) is 0 Å². The van der Waals surface area contributed by atoms with Crippen LogP contribution in [0.3, 0.4) is 0 Å². The summed E-state index contributed by atoms with van der Waals surface area (Å²) >= 11 is 0. The lowest BCUT2D eigenvalue weighted by Crippen LogP contribution is -2.02. The van der Waals surface area contributed by atoms with E-state index in [1.165, 1.54) is 6.07 Å². The lowest BCUT2D eigenvalue weighted by Gasteiger charge is -2.04. The smallest absolute Gasteiger partial charge is 0.292 e. The number of para-hydroxylation sites is 2. The summed E-state index contributed by atoms with van der Waals surface area (Å²) in [5, 5.41) is 14.0. The minimum absolute atomic E-state index is 0.0671. The van der Waals surface area contributed by atoms with Gasteiger partial charge in [-0.05, 0) is 25.1 Å². The lowest BCUT2D eigenvalue weighted by atomic mass is 10.2. The van der Waals surface area contributed by atoms with Crippen LogP contribution in [0.1, 0.15) is 11.4 Å². The van der Waals surface area contributed by atoms with Crippen LogP contribution in [0.15, 0.2) is 48.7 Å². The number of anilines is 1. The first kappa shape index (κ1) is 13.1. The Hall–Kier alpha value is -2.89. The molecule has 6 heteroatoms. The van der Waals surface area contributed by atoms with Gasteiger partial charge in [0.2, 0.25) is 0 Å². The normalized spacial score (nSPS) is 10.7. The number of fused-ring (bicyclic) bond motifs is 1. The number of rotatable bonds is 4. The summed E-state index contributed by atoms with van der Waals surface area (Å²) in [6, 6.07) is 12.5. The Morgan fingerprint density at radius 3 is 2.81 bits per heavy atom. The first-order chi connectivity index (χ1) is 10.1. The second kappa shape index (κ2) is 5.24. The molecule has 0 saturated heterocycles. The molecule has 2 heterocycles. The molecule has 3 aromatic rings. The molecule has 0 unspecified atom stereocenters. The predicted molar refractivity (Wildman–Crippen MR) is 80.4 cm³/mol. The standard InChI is InChI=1S/C15H14N4O2/c1-11-5-4-8-15-17-12(10-18(11)15)9-16-13-6-2-3-7-14(13)19(20)21/h2-8,10,16H,9H2,1H3. The summed E-state index contributed by atoms with van der Waals surface area (Å²) in [5.74, 6) is 0. The number of nitro benzene ring substituents is 1. The molecule has 6 nitrogen and oxygen atoms in total. The highest BCUT2D eigenvalue weighted by atomic mass is 16.6. The van der Waals surface area contributed by atoms with Gasteiger partial charge in [0.25, 0.3) is 5.69 Å². The van der Waals surface area contributed by atoms with Crippen LogP contribution in [0.4, 0.5) is 11.4 Å². The summed E-state index contributed by atoms with van der Waals surface area (Å²) in [6.45, 7) is 2.44. The third-order valence-electron chi connectivity index (χ3n) is 3.31. The molecule has 0 radical (unpaired) electrons. The average Bonchev–Trinajstić information content (AvgIpc) is 2.90. The Morgan fingerprint density at radius 1 is 1.24 bits per heavy atom. The van der Waals surface area contributed by atoms with Gasteiger partial charge >= 0.3 is 0 Å². The lowest BCUT2D eigenvalue weighted by molar-refractivity contribution is -0.384. The monoisotopic (exact) mass is 282 g/mol. The number of benzene rings is 1. The van der Waals surface area contributed by atoms with E-state index in [1.807, 2.05) is 35.7 Å². The van der Waals surface area contributed by atoms with E-state index in [0.717, 1.165) is 17.0 Å². The van der Waals surface area contributed by atoms with Crippen molar-refractivity contribution in [2.45, 2.75) is 13.5 Å². The molecule has 0 aliphatic heterocycles. The van der Waals surface area contributed by atoms with Gasteiger partial charge < -0.3 is 9.72 Å². The Labute approximate surface area is 121 Å². The largest absolute Gasteiger partial charge is 0.374 e. The third kappa shape index (κ3) is 2.55. The van der Waals surface area contributed by atoms with Crippen LogP contribution in [-0.2, 0) is 6.54 Å². The number of nitro groups is 1. The Morgan fingerprint density at radius 2 is 2.05 bits per heavy atom. The molecule has 106 valence electrons. The maximum Gasteiger partial charge on any atom is 0.292 e. The average molecular weight is 282 g/mol. The van der Waals surface area contributed by atoms with Crippen molar-refractivity contribution in [2.24, 2.45) is 0 Å². The van der Waals surface area contributed by atoms with E-state index in [1.54, 1.807) is 18.2 Å². The summed E-state index contributed by atoms with van der Waals surface area (Å²) in [6.07, 6.45) is 1.94. The van der Waals surface area contributed by atoms with Gasteiger partial charge in [0.1, 0.15) is 11.3 Å². The fourth-order valence-corrected chi connectivity index (χ4v) is 2.25. The van der Waals surface area contributed by atoms with Crippen molar-refractivity contribution in [1.29, 1.82) is 0 Å². The zero-order valence-electron chi connectivity index (χ0n) is 11.5. The van der Waals surface area contributed by atoms with E-state index in [9.17, 15) is 10.1 Å². The van der Waals surface area contributed by atoms with Crippen molar-refractivity contribution in [2.75, 3.05) is 5.32 Å². The summed E-state index contributed by atoms with van der Waals surface area (Å²) in [7, 11) is 0. The minimum Gasteiger partial charge on any atom is -0.374 e. The second-order valence-electron chi connectivity index (χ2n) is 4.76. The van der Waals surface area contributed by atoms with Crippen molar-refractivity contribution >= 4 is 17.0 Å². The van der Waals surface area contributed by atoms with E-state index >= 15 is 0 Å². The first-order valence-electron chi connectivity index (χ1n) is 6.56. The summed E-state index contributed by atoms with van der Waals surface area (Å²) in [5.41, 5.74) is 3.36. The molecule has 0 aliphatic carbocycles. The van der Waals surface area contributed by atoms with Crippen LogP contribution in [0.2, 0.25) is 0 Å². The first-order valence-corrected chi connectivity index (χ1v) is 6.56. The van der Waals surface area contributed by atoms with Crippen LogP contribution in [-0.4, -0.2) is 14.3 Å². The van der Waals surface area contributed by atoms with E-state index < -0.39 is 4.92 Å². The highest BCUT2D eigenvalue weighted by Crippen LogP contribution is 2.23. The zero-order valence-corrected chi connectivity index (χ0v) is 11.5. The fourth-order valence-electron chi connectivity index (χ4n) is 2.25. The highest BCUT2D eigenvalue weighted by Gasteiger charge is 2.12. The molecule has 21 heavy (non-hydrogen) atoms. The molecule has 1 N–H and O–H groups in total. The predicted octanol–water partition coefficient (Wildman–Crippen LogP) is 3.16. The van der Waals surface area contributed by atoms with Gasteiger partial charge in [-0.1, -0.05) is 18.2 Å². The zero-order chi connectivity index (χ0) is 14.8. The second-order valence-corrected chi connectivity index (χ2v) is 4.76. The Bertz CT molecular complexity index is 810. The van der Waals surface area contributed by atoms with Crippen LogP contribution >= 0.6 is 0 Å². The maximum atomic E-state index is 11.0. The van der Waals surface area contributed by atoms with Crippen molar-refractivity contribution in [3.63, 3.8) is 0 Å². The number of nitrogens with zero attached hydrogens (tertiary/aromatic N) is 3. The van der Waals surface area contributed by atoms with Crippen molar-refractivity contribution in [3.05, 3.63) is 70.2 Å². The Balaban J connectivity index is 1.84. The molecular formula is C15H14N4O2. The molecular weight excluding hydrogens is 268 g/mol. The Kier molecular flexibility index (Phi) is 3.27.